The van der Waals surface area contributed by atoms with E-state index in [-0.39, 0.29) is 11.5 Å². The SMILES string of the molecule is CC(F)(F)c1ccc(CNCC2c3ccccc3-c3ccccc32)c(Sc2ccccc2C=O)c1. The molecule has 0 heterocycles. The number of hydrogen-bond donors (Lipinski definition) is 1. The van der Waals surface area contributed by atoms with Gasteiger partial charge in [0.1, 0.15) is 0 Å². The highest BCUT2D eigenvalue weighted by atomic mass is 32.2. The first kappa shape index (κ1) is 23.5. The molecule has 1 aliphatic carbocycles. The van der Waals surface area contributed by atoms with E-state index in [1.807, 2.05) is 12.1 Å². The van der Waals surface area contributed by atoms with Crippen molar-refractivity contribution in [1.29, 1.82) is 0 Å². The zero-order valence-corrected chi connectivity index (χ0v) is 20.1. The van der Waals surface area contributed by atoms with Crippen molar-refractivity contribution in [2.45, 2.75) is 35.1 Å². The monoisotopic (exact) mass is 485 g/mol. The summed E-state index contributed by atoms with van der Waals surface area (Å²) in [7, 11) is 0. The standard InChI is InChI=1S/C30H25F2NOS/c1-30(31,32)22-15-14-20(29(16-22)35-28-13-7-2-8-21(28)19-34)17-33-18-27-25-11-5-3-9-23(25)24-10-4-6-12-26(24)27/h2-16,19,27,33H,17-18H2,1H3. The Labute approximate surface area is 208 Å². The molecule has 0 atom stereocenters. The van der Waals surface area contributed by atoms with Crippen LogP contribution in [0.4, 0.5) is 8.78 Å². The van der Waals surface area contributed by atoms with E-state index >= 15 is 0 Å². The number of halogens is 2. The van der Waals surface area contributed by atoms with Crippen molar-refractivity contribution >= 4 is 18.0 Å². The minimum atomic E-state index is -2.94. The zero-order valence-electron chi connectivity index (χ0n) is 19.3. The average Bonchev–Trinajstić information content (AvgIpc) is 3.18. The number of aldehydes is 1. The van der Waals surface area contributed by atoms with E-state index in [0.29, 0.717) is 12.1 Å². The van der Waals surface area contributed by atoms with Crippen molar-refractivity contribution in [2.24, 2.45) is 0 Å². The third-order valence-corrected chi connectivity index (χ3v) is 7.66. The summed E-state index contributed by atoms with van der Waals surface area (Å²) in [5, 5.41) is 3.57. The lowest BCUT2D eigenvalue weighted by Gasteiger charge is -2.18. The van der Waals surface area contributed by atoms with E-state index in [2.05, 4.69) is 53.8 Å². The van der Waals surface area contributed by atoms with Crippen LogP contribution in [-0.4, -0.2) is 12.8 Å². The van der Waals surface area contributed by atoms with Gasteiger partial charge >= 0.3 is 0 Å². The van der Waals surface area contributed by atoms with Crippen molar-refractivity contribution in [1.82, 2.24) is 5.32 Å². The van der Waals surface area contributed by atoms with Crippen LogP contribution < -0.4 is 5.32 Å². The maximum atomic E-state index is 14.1. The number of benzene rings is 4. The molecule has 176 valence electrons. The largest absolute Gasteiger partial charge is 0.312 e. The Hall–Kier alpha value is -3.28. The van der Waals surface area contributed by atoms with Crippen LogP contribution in [0.1, 0.15) is 45.5 Å². The average molecular weight is 486 g/mol. The van der Waals surface area contributed by atoms with E-state index in [1.54, 1.807) is 24.3 Å². The van der Waals surface area contributed by atoms with Crippen LogP contribution in [0.25, 0.3) is 11.1 Å². The summed E-state index contributed by atoms with van der Waals surface area (Å²) in [6.07, 6.45) is 0.799. The lowest BCUT2D eigenvalue weighted by Crippen LogP contribution is -2.21. The third-order valence-electron chi connectivity index (χ3n) is 6.47. The molecule has 0 radical (unpaired) electrons. The number of carbonyl (C=O) groups excluding carboxylic acids is 1. The van der Waals surface area contributed by atoms with Gasteiger partial charge in [0, 0.05) is 46.8 Å². The van der Waals surface area contributed by atoms with Gasteiger partial charge in [-0.15, -0.1) is 0 Å². The zero-order chi connectivity index (χ0) is 24.4. The second kappa shape index (κ2) is 9.76. The van der Waals surface area contributed by atoms with Gasteiger partial charge in [0.25, 0.3) is 5.92 Å². The molecule has 5 rings (SSSR count). The molecule has 0 fully saturated rings. The molecule has 5 heteroatoms. The Morgan fingerprint density at radius 3 is 2.14 bits per heavy atom. The molecule has 0 spiro atoms. The van der Waals surface area contributed by atoms with Gasteiger partial charge in [0.15, 0.2) is 6.29 Å². The third kappa shape index (κ3) is 4.79. The molecule has 0 aliphatic heterocycles. The van der Waals surface area contributed by atoms with Crippen LogP contribution in [0.5, 0.6) is 0 Å². The molecular formula is C30H25F2NOS. The van der Waals surface area contributed by atoms with Crippen LogP contribution in [-0.2, 0) is 12.5 Å². The number of alkyl halides is 2. The lowest BCUT2D eigenvalue weighted by molar-refractivity contribution is 0.0172. The Morgan fingerprint density at radius 2 is 1.49 bits per heavy atom. The molecule has 0 bridgehead atoms. The molecule has 0 unspecified atom stereocenters. The predicted octanol–water partition coefficient (Wildman–Crippen LogP) is 7.66. The maximum absolute atomic E-state index is 14.1. The molecule has 1 N–H and O–H groups in total. The Morgan fingerprint density at radius 1 is 0.857 bits per heavy atom. The Kier molecular flexibility index (Phi) is 6.54. The fraction of sp³-hybridized carbons (Fsp3) is 0.167. The molecule has 35 heavy (non-hydrogen) atoms. The normalized spacial score (nSPS) is 12.9. The van der Waals surface area contributed by atoms with Gasteiger partial charge < -0.3 is 5.32 Å². The summed E-state index contributed by atoms with van der Waals surface area (Å²) in [5.74, 6) is -2.71. The fourth-order valence-electron chi connectivity index (χ4n) is 4.69. The summed E-state index contributed by atoms with van der Waals surface area (Å²) in [4.78, 5) is 13.0. The van der Waals surface area contributed by atoms with Gasteiger partial charge in [-0.25, -0.2) is 8.78 Å². The molecule has 0 amide bonds. The Bertz CT molecular complexity index is 1330. The van der Waals surface area contributed by atoms with E-state index < -0.39 is 5.92 Å². The first-order valence-corrected chi connectivity index (χ1v) is 12.4. The summed E-state index contributed by atoms with van der Waals surface area (Å²) < 4.78 is 28.2. The van der Waals surface area contributed by atoms with Gasteiger partial charge in [0.05, 0.1) is 0 Å². The maximum Gasteiger partial charge on any atom is 0.270 e. The van der Waals surface area contributed by atoms with Crippen LogP contribution in [0, 0.1) is 0 Å². The number of nitrogens with one attached hydrogen (secondary N) is 1. The number of carbonyl (C=O) groups is 1. The van der Waals surface area contributed by atoms with Crippen molar-refractivity contribution < 1.29 is 13.6 Å². The van der Waals surface area contributed by atoms with E-state index in [9.17, 15) is 13.6 Å². The van der Waals surface area contributed by atoms with Crippen molar-refractivity contribution in [3.05, 3.63) is 119 Å². The van der Waals surface area contributed by atoms with E-state index in [0.717, 1.165) is 35.1 Å². The summed E-state index contributed by atoms with van der Waals surface area (Å²) >= 11 is 1.35. The summed E-state index contributed by atoms with van der Waals surface area (Å²) in [5.41, 5.74) is 6.57. The topological polar surface area (TPSA) is 29.1 Å². The van der Waals surface area contributed by atoms with Crippen LogP contribution in [0.2, 0.25) is 0 Å². The minimum absolute atomic E-state index is 0.0361. The Balaban J connectivity index is 1.40. The van der Waals surface area contributed by atoms with Crippen molar-refractivity contribution in [3.63, 3.8) is 0 Å². The van der Waals surface area contributed by atoms with Gasteiger partial charge in [-0.2, -0.15) is 0 Å². The second-order valence-corrected chi connectivity index (χ2v) is 9.91. The fourth-order valence-corrected chi connectivity index (χ4v) is 5.76. The lowest BCUT2D eigenvalue weighted by atomic mass is 9.97. The van der Waals surface area contributed by atoms with Crippen molar-refractivity contribution in [2.75, 3.05) is 6.54 Å². The molecule has 4 aromatic rings. The van der Waals surface area contributed by atoms with E-state index in [1.165, 1.54) is 40.1 Å². The quantitative estimate of drug-likeness (QED) is 0.260. The van der Waals surface area contributed by atoms with E-state index in [4.69, 9.17) is 0 Å². The number of rotatable bonds is 8. The summed E-state index contributed by atoms with van der Waals surface area (Å²) in [6, 6.07) is 29.0. The smallest absolute Gasteiger partial charge is 0.270 e. The number of fused-ring (bicyclic) bond motifs is 3. The molecule has 0 saturated heterocycles. The molecule has 0 saturated carbocycles. The molecule has 0 aromatic heterocycles. The first-order valence-electron chi connectivity index (χ1n) is 11.6. The minimum Gasteiger partial charge on any atom is -0.312 e. The molecule has 4 aromatic carbocycles. The highest BCUT2D eigenvalue weighted by Crippen LogP contribution is 2.44. The summed E-state index contributed by atoms with van der Waals surface area (Å²) in [6.45, 7) is 2.17. The predicted molar refractivity (Wildman–Crippen MR) is 137 cm³/mol. The number of hydrogen-bond acceptors (Lipinski definition) is 3. The van der Waals surface area contributed by atoms with Crippen molar-refractivity contribution in [3.8, 4) is 11.1 Å². The van der Waals surface area contributed by atoms with Gasteiger partial charge in [-0.1, -0.05) is 90.6 Å². The van der Waals surface area contributed by atoms with Crippen LogP contribution >= 0.6 is 11.8 Å². The van der Waals surface area contributed by atoms with Gasteiger partial charge in [-0.3, -0.25) is 4.79 Å². The molecule has 2 nitrogen and oxygen atoms in total. The highest BCUT2D eigenvalue weighted by molar-refractivity contribution is 7.99. The van der Waals surface area contributed by atoms with Gasteiger partial charge in [-0.05, 0) is 39.9 Å². The molecule has 1 aliphatic rings. The van der Waals surface area contributed by atoms with Crippen LogP contribution in [0.15, 0.2) is 101 Å². The second-order valence-electron chi connectivity index (χ2n) is 8.83. The molecular weight excluding hydrogens is 460 g/mol. The first-order chi connectivity index (χ1) is 17.0. The highest BCUT2D eigenvalue weighted by Gasteiger charge is 2.28. The van der Waals surface area contributed by atoms with Crippen LogP contribution in [0.3, 0.4) is 0 Å². The van der Waals surface area contributed by atoms with Gasteiger partial charge in [0.2, 0.25) is 0 Å².